The normalized spacial score (nSPS) is 17.9. The molecule has 0 bridgehead atoms. The molecule has 90 valence electrons. The molecule has 1 aromatic carbocycles. The molecule has 0 aliphatic rings. The lowest BCUT2D eigenvalue weighted by Crippen LogP contribution is -2.62. The molecule has 0 aliphatic heterocycles. The van der Waals surface area contributed by atoms with Crippen LogP contribution < -0.4 is 4.65 Å². The molecule has 0 aromatic heterocycles. The second kappa shape index (κ2) is 4.56. The third-order valence-corrected chi connectivity index (χ3v) is 3.35. The maximum Gasteiger partial charge on any atom is 0.133 e. The minimum absolute atomic E-state index is 0.0717. The van der Waals surface area contributed by atoms with Gasteiger partial charge in [0.15, 0.2) is 0 Å². The Hall–Kier alpha value is -0.860. The topological polar surface area (TPSA) is 23.1 Å². The first-order valence-corrected chi connectivity index (χ1v) is 5.99. The molecule has 1 rings (SSSR count). The fraction of sp³-hybridized carbons (Fsp3) is 0.571. The summed E-state index contributed by atoms with van der Waals surface area (Å²) in [5, 5.41) is 13.2. The Kier molecular flexibility index (Phi) is 3.76. The molecule has 16 heavy (non-hydrogen) atoms. The SMILES string of the molecule is CCC(C)[N+]([O-])(c1ccccc1)C(C)(C)C. The van der Waals surface area contributed by atoms with Gasteiger partial charge >= 0.3 is 0 Å². The lowest BCUT2D eigenvalue weighted by molar-refractivity contribution is 0.155. The van der Waals surface area contributed by atoms with Crippen molar-refractivity contribution in [3.8, 4) is 0 Å². The highest BCUT2D eigenvalue weighted by molar-refractivity contribution is 5.46. The van der Waals surface area contributed by atoms with E-state index in [1.165, 1.54) is 0 Å². The molecule has 0 amide bonds. The molecule has 0 fully saturated rings. The average Bonchev–Trinajstić information content (AvgIpc) is 2.26. The molecule has 0 radical (unpaired) electrons. The number of hydrogen-bond acceptors (Lipinski definition) is 1. The van der Waals surface area contributed by atoms with Gasteiger partial charge in [0, 0.05) is 0 Å². The van der Waals surface area contributed by atoms with Crippen molar-refractivity contribution in [2.75, 3.05) is 0 Å². The Morgan fingerprint density at radius 1 is 1.19 bits per heavy atom. The van der Waals surface area contributed by atoms with E-state index in [9.17, 15) is 5.21 Å². The molecule has 2 atom stereocenters. The van der Waals surface area contributed by atoms with Crippen LogP contribution in [0.4, 0.5) is 5.69 Å². The Labute approximate surface area is 99.1 Å². The fourth-order valence-corrected chi connectivity index (χ4v) is 2.21. The molecule has 2 nitrogen and oxygen atoms in total. The first kappa shape index (κ1) is 13.2. The van der Waals surface area contributed by atoms with E-state index in [1.807, 2.05) is 58.0 Å². The van der Waals surface area contributed by atoms with Gasteiger partial charge in [0.2, 0.25) is 0 Å². The molecule has 0 saturated heterocycles. The largest absolute Gasteiger partial charge is 0.627 e. The van der Waals surface area contributed by atoms with Gasteiger partial charge < -0.3 is 9.85 Å². The van der Waals surface area contributed by atoms with E-state index >= 15 is 0 Å². The van der Waals surface area contributed by atoms with E-state index < -0.39 is 0 Å². The van der Waals surface area contributed by atoms with Gasteiger partial charge in [-0.1, -0.05) is 25.1 Å². The smallest absolute Gasteiger partial charge is 0.133 e. The summed E-state index contributed by atoms with van der Waals surface area (Å²) in [6.45, 7) is 10.1. The van der Waals surface area contributed by atoms with Crippen molar-refractivity contribution in [3.63, 3.8) is 0 Å². The zero-order chi connectivity index (χ0) is 12.4. The molecule has 0 saturated carbocycles. The predicted molar refractivity (Wildman–Crippen MR) is 71.1 cm³/mol. The van der Waals surface area contributed by atoms with Crippen molar-refractivity contribution >= 4 is 5.69 Å². The highest BCUT2D eigenvalue weighted by Gasteiger charge is 2.38. The summed E-state index contributed by atoms with van der Waals surface area (Å²) >= 11 is 0. The Bertz CT molecular complexity index is 328. The van der Waals surface area contributed by atoms with Crippen LogP contribution >= 0.6 is 0 Å². The minimum atomic E-state index is -0.337. The summed E-state index contributed by atoms with van der Waals surface area (Å²) in [4.78, 5) is 0. The minimum Gasteiger partial charge on any atom is -0.627 e. The molecule has 0 heterocycles. The highest BCUT2D eigenvalue weighted by Crippen LogP contribution is 2.35. The van der Waals surface area contributed by atoms with Crippen LogP contribution in [0.1, 0.15) is 41.0 Å². The number of hydrogen-bond donors (Lipinski definition) is 0. The number of quaternary nitrogens is 1. The van der Waals surface area contributed by atoms with E-state index in [0.717, 1.165) is 12.1 Å². The zero-order valence-electron chi connectivity index (χ0n) is 11.0. The van der Waals surface area contributed by atoms with Gasteiger partial charge in [-0.15, -0.1) is 0 Å². The van der Waals surface area contributed by atoms with Crippen LogP contribution in [0.15, 0.2) is 30.3 Å². The summed E-state index contributed by atoms with van der Waals surface area (Å²) in [6, 6.07) is 9.77. The highest BCUT2D eigenvalue weighted by atomic mass is 16.6. The molecule has 2 heteroatoms. The number of rotatable bonds is 3. The van der Waals surface area contributed by atoms with Crippen molar-refractivity contribution in [3.05, 3.63) is 35.5 Å². The first-order valence-electron chi connectivity index (χ1n) is 5.99. The van der Waals surface area contributed by atoms with Crippen molar-refractivity contribution < 1.29 is 0 Å². The van der Waals surface area contributed by atoms with Crippen LogP contribution in [0.2, 0.25) is 0 Å². The van der Waals surface area contributed by atoms with Gasteiger partial charge in [0.05, 0.1) is 11.6 Å². The quantitative estimate of drug-likeness (QED) is 0.557. The van der Waals surface area contributed by atoms with Crippen molar-refractivity contribution in [2.24, 2.45) is 0 Å². The van der Waals surface area contributed by atoms with Crippen LogP contribution in [0.3, 0.4) is 0 Å². The molecular weight excluding hydrogens is 198 g/mol. The lowest BCUT2D eigenvalue weighted by atomic mass is 9.99. The van der Waals surface area contributed by atoms with Crippen LogP contribution in [0.25, 0.3) is 0 Å². The van der Waals surface area contributed by atoms with E-state index in [-0.39, 0.29) is 16.2 Å². The van der Waals surface area contributed by atoms with Gasteiger partial charge in [-0.2, -0.15) is 0 Å². The summed E-state index contributed by atoms with van der Waals surface area (Å²) in [5.41, 5.74) is 0.515. The number of hydroxylamine groups is 2. The lowest BCUT2D eigenvalue weighted by Gasteiger charge is -2.56. The standard InChI is InChI=1S/C14H23NO/c1-6-12(2)15(16,14(3,4)5)13-10-8-7-9-11-13/h7-12H,6H2,1-5H3. The van der Waals surface area contributed by atoms with E-state index in [1.54, 1.807) is 0 Å². The van der Waals surface area contributed by atoms with Gasteiger partial charge in [0.25, 0.3) is 0 Å². The maximum atomic E-state index is 13.2. The fourth-order valence-electron chi connectivity index (χ4n) is 2.21. The Balaban J connectivity index is 3.26. The Morgan fingerprint density at radius 2 is 1.69 bits per heavy atom. The third kappa shape index (κ3) is 2.13. The molecular formula is C14H23NO. The van der Waals surface area contributed by atoms with Gasteiger partial charge in [-0.3, -0.25) is 0 Å². The molecule has 0 N–H and O–H groups in total. The van der Waals surface area contributed by atoms with Gasteiger partial charge in [-0.25, -0.2) is 0 Å². The average molecular weight is 221 g/mol. The molecule has 1 aromatic rings. The third-order valence-electron chi connectivity index (χ3n) is 3.35. The number of nitrogens with zero attached hydrogens (tertiary/aromatic N) is 1. The summed E-state index contributed by atoms with van der Waals surface area (Å²) in [5.74, 6) is 0. The first-order chi connectivity index (χ1) is 7.34. The van der Waals surface area contributed by atoms with E-state index in [0.29, 0.717) is 0 Å². The number of benzene rings is 1. The zero-order valence-corrected chi connectivity index (χ0v) is 11.0. The number of para-hydroxylation sites is 1. The van der Waals surface area contributed by atoms with Gasteiger partial charge in [0.1, 0.15) is 5.69 Å². The second-order valence-electron chi connectivity index (χ2n) is 5.42. The van der Waals surface area contributed by atoms with Crippen molar-refractivity contribution in [1.82, 2.24) is 4.65 Å². The second-order valence-corrected chi connectivity index (χ2v) is 5.42. The summed E-state index contributed by atoms with van der Waals surface area (Å²) in [7, 11) is 0. The molecule has 0 spiro atoms. The molecule has 2 unspecified atom stereocenters. The summed E-state index contributed by atoms with van der Waals surface area (Å²) in [6.07, 6.45) is 0.885. The van der Waals surface area contributed by atoms with Crippen molar-refractivity contribution in [2.45, 2.75) is 52.6 Å². The predicted octanol–water partition coefficient (Wildman–Crippen LogP) is 4.09. The van der Waals surface area contributed by atoms with Crippen LogP contribution in [-0.2, 0) is 0 Å². The molecule has 0 aliphatic carbocycles. The van der Waals surface area contributed by atoms with Crippen LogP contribution in [0.5, 0.6) is 0 Å². The summed E-state index contributed by atoms with van der Waals surface area (Å²) < 4.78 is -0.260. The van der Waals surface area contributed by atoms with E-state index in [2.05, 4.69) is 6.92 Å². The maximum absolute atomic E-state index is 13.2. The monoisotopic (exact) mass is 221 g/mol. The van der Waals surface area contributed by atoms with Crippen LogP contribution in [-0.4, -0.2) is 11.6 Å². The Morgan fingerprint density at radius 3 is 2.06 bits per heavy atom. The van der Waals surface area contributed by atoms with Crippen molar-refractivity contribution in [1.29, 1.82) is 0 Å². The van der Waals surface area contributed by atoms with Crippen LogP contribution in [0, 0.1) is 5.21 Å². The van der Waals surface area contributed by atoms with E-state index in [4.69, 9.17) is 0 Å². The van der Waals surface area contributed by atoms with Gasteiger partial charge in [-0.05, 0) is 46.2 Å².